The normalized spacial score (nSPS) is 10.9. The molecule has 0 atom stereocenters. The molecule has 0 bridgehead atoms. The first-order valence-corrected chi connectivity index (χ1v) is 9.46. The molecular formula is C21H22ClN5O2. The maximum absolute atomic E-state index is 13.1. The summed E-state index contributed by atoms with van der Waals surface area (Å²) in [6.07, 6.45) is 0. The molecular weight excluding hydrogens is 390 g/mol. The molecule has 0 spiro atoms. The molecule has 7 nitrogen and oxygen atoms in total. The highest BCUT2D eigenvalue weighted by Gasteiger charge is 2.20. The Hall–Kier alpha value is -3.03. The number of likely N-dealkylation sites (N-methyl/N-ethyl adjacent to an activating group) is 1. The van der Waals surface area contributed by atoms with Crippen LogP contribution in [0.25, 0.3) is 5.69 Å². The van der Waals surface area contributed by atoms with Crippen molar-refractivity contribution in [2.24, 2.45) is 0 Å². The van der Waals surface area contributed by atoms with Gasteiger partial charge in [0.25, 0.3) is 0 Å². The monoisotopic (exact) mass is 411 g/mol. The third-order valence-electron chi connectivity index (χ3n) is 4.28. The Morgan fingerprint density at radius 3 is 2.52 bits per heavy atom. The lowest BCUT2D eigenvalue weighted by molar-refractivity contribution is -0.121. The van der Waals surface area contributed by atoms with E-state index in [1.54, 1.807) is 46.7 Å². The van der Waals surface area contributed by atoms with Gasteiger partial charge in [0, 0.05) is 16.1 Å². The number of amides is 1. The molecule has 0 saturated carbocycles. The van der Waals surface area contributed by atoms with Crippen molar-refractivity contribution in [1.82, 2.24) is 25.0 Å². The summed E-state index contributed by atoms with van der Waals surface area (Å²) in [6, 6.07) is 14.1. The molecule has 0 aliphatic carbocycles. The van der Waals surface area contributed by atoms with Crippen LogP contribution in [0.5, 0.6) is 0 Å². The summed E-state index contributed by atoms with van der Waals surface area (Å²) >= 11 is 6.19. The molecule has 0 fully saturated rings. The third-order valence-corrected chi connectivity index (χ3v) is 4.51. The molecule has 0 unspecified atom stereocenters. The molecule has 1 aromatic heterocycles. The Labute approximate surface area is 174 Å². The maximum Gasteiger partial charge on any atom is 0.234 e. The van der Waals surface area contributed by atoms with E-state index in [-0.39, 0.29) is 24.8 Å². The number of carbonyl (C=O) groups is 2. The second kappa shape index (κ2) is 8.98. The van der Waals surface area contributed by atoms with Gasteiger partial charge in [-0.2, -0.15) is 0 Å². The molecule has 1 heterocycles. The summed E-state index contributed by atoms with van der Waals surface area (Å²) in [6.45, 7) is 2.25. The Kier molecular flexibility index (Phi) is 6.41. The van der Waals surface area contributed by atoms with Gasteiger partial charge in [-0.3, -0.25) is 14.2 Å². The minimum atomic E-state index is -0.154. The van der Waals surface area contributed by atoms with Crippen LogP contribution in [0.3, 0.4) is 0 Å². The number of carbonyl (C=O) groups excluding carboxylic acids is 2. The van der Waals surface area contributed by atoms with Gasteiger partial charge >= 0.3 is 0 Å². The summed E-state index contributed by atoms with van der Waals surface area (Å²) in [5.74, 6) is 0.850. The van der Waals surface area contributed by atoms with Gasteiger partial charge in [-0.25, -0.2) is 0 Å². The Morgan fingerprint density at radius 1 is 1.10 bits per heavy atom. The zero-order valence-corrected chi connectivity index (χ0v) is 17.3. The van der Waals surface area contributed by atoms with Crippen molar-refractivity contribution in [2.75, 3.05) is 20.6 Å². The fourth-order valence-corrected chi connectivity index (χ4v) is 3.16. The lowest BCUT2D eigenvalue weighted by atomic mass is 10.0. The van der Waals surface area contributed by atoms with Gasteiger partial charge in [-0.15, -0.1) is 10.2 Å². The second-order valence-electron chi connectivity index (χ2n) is 6.87. The average molecular weight is 412 g/mol. The van der Waals surface area contributed by atoms with E-state index >= 15 is 0 Å². The molecule has 0 aliphatic heterocycles. The molecule has 0 aliphatic rings. The lowest BCUT2D eigenvalue weighted by Gasteiger charge is -2.15. The summed E-state index contributed by atoms with van der Waals surface area (Å²) in [4.78, 5) is 26.9. The van der Waals surface area contributed by atoms with Crippen molar-refractivity contribution in [2.45, 2.75) is 13.5 Å². The standard InChI is InChI=1S/C21H22ClN5O2/c1-14-24-25-19(12-23-20(28)13-26(2)3)27(14)18-10-9-16(22)11-17(18)21(29)15-7-5-4-6-8-15/h4-11H,12-13H2,1-3H3,(H,23,28). The van der Waals surface area contributed by atoms with Gasteiger partial charge in [-0.1, -0.05) is 41.9 Å². The largest absolute Gasteiger partial charge is 0.348 e. The first kappa shape index (κ1) is 20.7. The fourth-order valence-electron chi connectivity index (χ4n) is 2.98. The first-order chi connectivity index (χ1) is 13.9. The van der Waals surface area contributed by atoms with Crippen LogP contribution in [0.15, 0.2) is 48.5 Å². The predicted molar refractivity (Wildman–Crippen MR) is 111 cm³/mol. The molecule has 3 aromatic rings. The van der Waals surface area contributed by atoms with E-state index in [1.807, 2.05) is 32.3 Å². The SMILES string of the molecule is Cc1nnc(CNC(=O)CN(C)C)n1-c1ccc(Cl)cc1C(=O)c1ccccc1. The van der Waals surface area contributed by atoms with Crippen LogP contribution in [-0.2, 0) is 11.3 Å². The van der Waals surface area contributed by atoms with Gasteiger partial charge < -0.3 is 10.2 Å². The first-order valence-electron chi connectivity index (χ1n) is 9.09. The topological polar surface area (TPSA) is 80.1 Å². The van der Waals surface area contributed by atoms with Crippen LogP contribution in [0.2, 0.25) is 5.02 Å². The van der Waals surface area contributed by atoms with Crippen molar-refractivity contribution in [3.63, 3.8) is 0 Å². The molecule has 150 valence electrons. The molecule has 8 heteroatoms. The Balaban J connectivity index is 1.98. The summed E-state index contributed by atoms with van der Waals surface area (Å²) in [5.41, 5.74) is 1.61. The van der Waals surface area contributed by atoms with E-state index in [0.29, 0.717) is 33.5 Å². The van der Waals surface area contributed by atoms with Crippen LogP contribution in [-0.4, -0.2) is 52.0 Å². The van der Waals surface area contributed by atoms with Crippen molar-refractivity contribution < 1.29 is 9.59 Å². The van der Waals surface area contributed by atoms with Crippen molar-refractivity contribution >= 4 is 23.3 Å². The summed E-state index contributed by atoms with van der Waals surface area (Å²) in [5, 5.41) is 11.6. The number of halogens is 1. The number of nitrogens with zero attached hydrogens (tertiary/aromatic N) is 4. The predicted octanol–water partition coefficient (Wildman–Crippen LogP) is 2.64. The lowest BCUT2D eigenvalue weighted by Crippen LogP contribution is -2.33. The van der Waals surface area contributed by atoms with Crippen molar-refractivity contribution in [3.8, 4) is 5.69 Å². The number of hydrogen-bond acceptors (Lipinski definition) is 5. The number of hydrogen-bond donors (Lipinski definition) is 1. The average Bonchev–Trinajstić information content (AvgIpc) is 3.06. The molecule has 0 saturated heterocycles. The summed E-state index contributed by atoms with van der Waals surface area (Å²) in [7, 11) is 3.64. The van der Waals surface area contributed by atoms with E-state index < -0.39 is 0 Å². The van der Waals surface area contributed by atoms with Crippen LogP contribution in [0.1, 0.15) is 27.6 Å². The smallest absolute Gasteiger partial charge is 0.234 e. The van der Waals surface area contributed by atoms with E-state index in [4.69, 9.17) is 11.6 Å². The molecule has 29 heavy (non-hydrogen) atoms. The van der Waals surface area contributed by atoms with Gasteiger partial charge in [0.15, 0.2) is 11.6 Å². The zero-order valence-electron chi connectivity index (χ0n) is 16.5. The quantitative estimate of drug-likeness (QED) is 0.604. The number of benzene rings is 2. The molecule has 1 N–H and O–H groups in total. The highest BCUT2D eigenvalue weighted by atomic mass is 35.5. The van der Waals surface area contributed by atoms with Crippen LogP contribution in [0.4, 0.5) is 0 Å². The molecule has 2 aromatic carbocycles. The minimum Gasteiger partial charge on any atom is -0.348 e. The molecule has 0 radical (unpaired) electrons. The van der Waals surface area contributed by atoms with E-state index in [0.717, 1.165) is 0 Å². The van der Waals surface area contributed by atoms with Gasteiger partial charge in [0.2, 0.25) is 5.91 Å². The van der Waals surface area contributed by atoms with E-state index in [9.17, 15) is 9.59 Å². The highest BCUT2D eigenvalue weighted by Crippen LogP contribution is 2.24. The molecule has 1 amide bonds. The third kappa shape index (κ3) is 4.88. The zero-order chi connectivity index (χ0) is 21.0. The van der Waals surface area contributed by atoms with Crippen molar-refractivity contribution in [3.05, 3.63) is 76.3 Å². The van der Waals surface area contributed by atoms with Crippen molar-refractivity contribution in [1.29, 1.82) is 0 Å². The van der Waals surface area contributed by atoms with Gasteiger partial charge in [0.05, 0.1) is 18.8 Å². The Morgan fingerprint density at radius 2 is 1.83 bits per heavy atom. The molecule has 3 rings (SSSR count). The van der Waals surface area contributed by atoms with Gasteiger partial charge in [0.1, 0.15) is 5.82 Å². The van der Waals surface area contributed by atoms with E-state index in [2.05, 4.69) is 15.5 Å². The fraction of sp³-hybridized carbons (Fsp3) is 0.238. The number of aryl methyl sites for hydroxylation is 1. The second-order valence-corrected chi connectivity index (χ2v) is 7.31. The van der Waals surface area contributed by atoms with Gasteiger partial charge in [-0.05, 0) is 39.2 Å². The summed E-state index contributed by atoms with van der Waals surface area (Å²) < 4.78 is 1.77. The minimum absolute atomic E-state index is 0.126. The number of rotatable bonds is 7. The number of nitrogens with one attached hydrogen (secondary N) is 1. The number of ketones is 1. The van der Waals surface area contributed by atoms with Crippen LogP contribution < -0.4 is 5.32 Å². The Bertz CT molecular complexity index is 1030. The van der Waals surface area contributed by atoms with E-state index in [1.165, 1.54) is 0 Å². The van der Waals surface area contributed by atoms with Crippen LogP contribution in [0, 0.1) is 6.92 Å². The highest BCUT2D eigenvalue weighted by molar-refractivity contribution is 6.31. The maximum atomic E-state index is 13.1. The van der Waals surface area contributed by atoms with Crippen LogP contribution >= 0.6 is 11.6 Å². The number of aromatic nitrogens is 3.